The Kier molecular flexibility index (Phi) is 5.22. The maximum absolute atomic E-state index is 8.81. The van der Waals surface area contributed by atoms with Crippen molar-refractivity contribution in [3.8, 4) is 29.0 Å². The highest BCUT2D eigenvalue weighted by Crippen LogP contribution is 2.38. The fourth-order valence-electron chi connectivity index (χ4n) is 3.27. The Labute approximate surface area is 167 Å². The number of nitrogens with two attached hydrogens (primary N) is 1. The molecule has 2 atom stereocenters. The highest BCUT2D eigenvalue weighted by atomic mass is 16.5. The van der Waals surface area contributed by atoms with Crippen LogP contribution in [0.2, 0.25) is 0 Å². The van der Waals surface area contributed by atoms with Gasteiger partial charge in [0.1, 0.15) is 29.3 Å². The lowest BCUT2D eigenvalue weighted by Crippen LogP contribution is -2.19. The first-order valence-corrected chi connectivity index (χ1v) is 9.16. The van der Waals surface area contributed by atoms with E-state index in [1.54, 1.807) is 25.4 Å². The molecule has 3 heterocycles. The van der Waals surface area contributed by atoms with Gasteiger partial charge in [0.15, 0.2) is 11.5 Å². The number of rotatable bonds is 6. The van der Waals surface area contributed by atoms with Crippen molar-refractivity contribution >= 4 is 11.6 Å². The molecule has 0 bridgehead atoms. The number of nitrogens with zero attached hydrogens (tertiary/aromatic N) is 5. The van der Waals surface area contributed by atoms with Gasteiger partial charge in [-0.15, -0.1) is 0 Å². The van der Waals surface area contributed by atoms with Gasteiger partial charge in [0.05, 0.1) is 25.2 Å². The summed E-state index contributed by atoms with van der Waals surface area (Å²) < 4.78 is 11.6. The summed E-state index contributed by atoms with van der Waals surface area (Å²) in [5.41, 5.74) is 7.60. The third kappa shape index (κ3) is 4.09. The molecule has 0 aromatic carbocycles. The topological polar surface area (TPSA) is 148 Å². The molecule has 0 unspecified atom stereocenters. The number of aromatic nitrogens is 5. The van der Waals surface area contributed by atoms with Crippen LogP contribution in [0.5, 0.6) is 11.6 Å². The number of ether oxygens (including phenoxy) is 2. The number of H-pyrrole nitrogens is 1. The van der Waals surface area contributed by atoms with Crippen LogP contribution in [0.4, 0.5) is 11.6 Å². The molecule has 4 N–H and O–H groups in total. The van der Waals surface area contributed by atoms with E-state index in [-0.39, 0.29) is 17.8 Å². The minimum atomic E-state index is 0.0257. The van der Waals surface area contributed by atoms with E-state index >= 15 is 0 Å². The second-order valence-electron chi connectivity index (χ2n) is 6.70. The molecule has 3 aromatic rings. The predicted molar refractivity (Wildman–Crippen MR) is 105 cm³/mol. The quantitative estimate of drug-likeness (QED) is 0.573. The number of anilines is 2. The Bertz CT molecular complexity index is 1030. The molecular weight excluding hydrogens is 372 g/mol. The molecule has 3 aromatic heterocycles. The first kappa shape index (κ1) is 18.6. The highest BCUT2D eigenvalue weighted by molar-refractivity contribution is 5.74. The lowest BCUT2D eigenvalue weighted by Gasteiger charge is -2.16. The monoisotopic (exact) mass is 392 g/mol. The van der Waals surface area contributed by atoms with Crippen LogP contribution < -0.4 is 20.5 Å². The van der Waals surface area contributed by atoms with Crippen molar-refractivity contribution in [2.24, 2.45) is 5.73 Å². The van der Waals surface area contributed by atoms with Gasteiger partial charge in [-0.05, 0) is 25.3 Å². The van der Waals surface area contributed by atoms with Crippen LogP contribution >= 0.6 is 0 Å². The fourth-order valence-corrected chi connectivity index (χ4v) is 3.27. The molecule has 1 aliphatic carbocycles. The first-order valence-electron chi connectivity index (χ1n) is 9.16. The van der Waals surface area contributed by atoms with Crippen molar-refractivity contribution in [2.45, 2.75) is 31.4 Å². The van der Waals surface area contributed by atoms with Crippen LogP contribution in [0.15, 0.2) is 30.7 Å². The number of hydrogen-bond acceptors (Lipinski definition) is 9. The SMILES string of the molecule is COc1ccnc(O[C@@H]2CC[C@H](N)C2)c1-c1cc(Nc2cnc(C#N)cn2)n[nH]1. The van der Waals surface area contributed by atoms with Gasteiger partial charge >= 0.3 is 0 Å². The second kappa shape index (κ2) is 8.12. The van der Waals surface area contributed by atoms with E-state index in [1.807, 2.05) is 6.07 Å². The van der Waals surface area contributed by atoms with E-state index in [2.05, 4.69) is 30.5 Å². The summed E-state index contributed by atoms with van der Waals surface area (Å²) in [5, 5.41) is 19.1. The van der Waals surface area contributed by atoms with Gasteiger partial charge in [-0.1, -0.05) is 0 Å². The minimum absolute atomic E-state index is 0.0257. The molecule has 0 radical (unpaired) electrons. The normalized spacial score (nSPS) is 18.2. The van der Waals surface area contributed by atoms with E-state index in [1.165, 1.54) is 12.4 Å². The van der Waals surface area contributed by atoms with Gasteiger partial charge in [-0.3, -0.25) is 5.10 Å². The van der Waals surface area contributed by atoms with Crippen molar-refractivity contribution < 1.29 is 9.47 Å². The molecule has 0 spiro atoms. The van der Waals surface area contributed by atoms with Crippen molar-refractivity contribution in [3.05, 3.63) is 36.4 Å². The van der Waals surface area contributed by atoms with Gasteiger partial charge in [0.25, 0.3) is 0 Å². The molecule has 1 fully saturated rings. The van der Waals surface area contributed by atoms with E-state index in [0.29, 0.717) is 34.5 Å². The average Bonchev–Trinajstić information content (AvgIpc) is 3.37. The van der Waals surface area contributed by atoms with Crippen LogP contribution in [0.3, 0.4) is 0 Å². The van der Waals surface area contributed by atoms with Crippen LogP contribution in [0.1, 0.15) is 25.0 Å². The van der Waals surface area contributed by atoms with Gasteiger partial charge in [-0.25, -0.2) is 15.0 Å². The maximum atomic E-state index is 8.81. The zero-order valence-electron chi connectivity index (χ0n) is 15.8. The molecule has 0 saturated heterocycles. The average molecular weight is 392 g/mol. The summed E-state index contributed by atoms with van der Waals surface area (Å²) in [5.74, 6) is 2.08. The summed E-state index contributed by atoms with van der Waals surface area (Å²) in [4.78, 5) is 12.5. The third-order valence-electron chi connectivity index (χ3n) is 4.67. The molecule has 4 rings (SSSR count). The predicted octanol–water partition coefficient (Wildman–Crippen LogP) is 2.14. The number of methoxy groups -OCH3 is 1. The molecule has 29 heavy (non-hydrogen) atoms. The van der Waals surface area contributed by atoms with E-state index in [9.17, 15) is 0 Å². The van der Waals surface area contributed by atoms with Crippen LogP contribution in [0.25, 0.3) is 11.3 Å². The Morgan fingerprint density at radius 2 is 2.14 bits per heavy atom. The summed E-state index contributed by atoms with van der Waals surface area (Å²) in [7, 11) is 1.59. The summed E-state index contributed by atoms with van der Waals surface area (Å²) >= 11 is 0. The molecular formula is C19H20N8O2. The lowest BCUT2D eigenvalue weighted by molar-refractivity contribution is 0.200. The zero-order chi connectivity index (χ0) is 20.2. The molecule has 148 valence electrons. The third-order valence-corrected chi connectivity index (χ3v) is 4.67. The maximum Gasteiger partial charge on any atom is 0.227 e. The lowest BCUT2D eigenvalue weighted by atomic mass is 10.1. The Balaban J connectivity index is 1.59. The van der Waals surface area contributed by atoms with E-state index < -0.39 is 0 Å². The zero-order valence-corrected chi connectivity index (χ0v) is 15.8. The van der Waals surface area contributed by atoms with Crippen molar-refractivity contribution in [1.29, 1.82) is 5.26 Å². The molecule has 1 saturated carbocycles. The van der Waals surface area contributed by atoms with Crippen LogP contribution in [-0.4, -0.2) is 44.4 Å². The van der Waals surface area contributed by atoms with Gasteiger partial charge in [-0.2, -0.15) is 10.4 Å². The Morgan fingerprint density at radius 1 is 1.24 bits per heavy atom. The minimum Gasteiger partial charge on any atom is -0.496 e. The van der Waals surface area contributed by atoms with Crippen molar-refractivity contribution in [3.63, 3.8) is 0 Å². The number of nitriles is 1. The molecule has 1 aliphatic rings. The Morgan fingerprint density at radius 3 is 2.83 bits per heavy atom. The summed E-state index contributed by atoms with van der Waals surface area (Å²) in [6, 6.07) is 5.65. The number of aromatic amines is 1. The van der Waals surface area contributed by atoms with Gasteiger partial charge < -0.3 is 20.5 Å². The molecule has 0 aliphatic heterocycles. The number of hydrogen-bond donors (Lipinski definition) is 3. The largest absolute Gasteiger partial charge is 0.496 e. The summed E-state index contributed by atoms with van der Waals surface area (Å²) in [6.45, 7) is 0. The fraction of sp³-hybridized carbons (Fsp3) is 0.316. The second-order valence-corrected chi connectivity index (χ2v) is 6.70. The van der Waals surface area contributed by atoms with Crippen molar-refractivity contribution in [1.82, 2.24) is 25.1 Å². The molecule has 10 heteroatoms. The number of pyridine rings is 1. The summed E-state index contributed by atoms with van der Waals surface area (Å²) in [6.07, 6.45) is 7.16. The van der Waals surface area contributed by atoms with E-state index in [0.717, 1.165) is 19.3 Å². The van der Waals surface area contributed by atoms with Crippen LogP contribution in [0, 0.1) is 11.3 Å². The van der Waals surface area contributed by atoms with Gasteiger partial charge in [0.2, 0.25) is 5.88 Å². The smallest absolute Gasteiger partial charge is 0.227 e. The van der Waals surface area contributed by atoms with E-state index in [4.69, 9.17) is 20.5 Å². The van der Waals surface area contributed by atoms with Crippen molar-refractivity contribution in [2.75, 3.05) is 12.4 Å². The van der Waals surface area contributed by atoms with Gasteiger partial charge in [0, 0.05) is 18.3 Å². The number of nitrogens with one attached hydrogen (secondary N) is 2. The Hall–Kier alpha value is -3.71. The highest BCUT2D eigenvalue weighted by Gasteiger charge is 2.26. The van der Waals surface area contributed by atoms with Crippen LogP contribution in [-0.2, 0) is 0 Å². The first-order chi connectivity index (χ1) is 14.2. The standard InChI is InChI=1S/C19H20N8O2/c1-28-15-4-5-22-19(29-13-3-2-11(21)6-13)18(15)14-7-16(27-26-14)25-17-10-23-12(8-20)9-24-17/h4-5,7,9-11,13H,2-3,6,21H2,1H3,(H2,24,25,26,27)/t11-,13+/m0/s1. The molecule has 10 nitrogen and oxygen atoms in total. The molecule has 0 amide bonds.